The third kappa shape index (κ3) is 9.47. The van der Waals surface area contributed by atoms with Crippen molar-refractivity contribution in [1.29, 1.82) is 0 Å². The highest BCUT2D eigenvalue weighted by Gasteiger charge is 2.26. The maximum atomic E-state index is 12.4. The van der Waals surface area contributed by atoms with Gasteiger partial charge in [0.2, 0.25) is 17.7 Å². The Labute approximate surface area is 174 Å². The van der Waals surface area contributed by atoms with Gasteiger partial charge in [0, 0.05) is 12.3 Å². The van der Waals surface area contributed by atoms with E-state index in [4.69, 9.17) is 16.6 Å². The fraction of sp³-hybridized carbons (Fsp3) is 0.688. The van der Waals surface area contributed by atoms with Crippen LogP contribution in [0.1, 0.15) is 25.7 Å². The van der Waals surface area contributed by atoms with E-state index in [1.807, 2.05) is 0 Å². The molecule has 0 aromatic carbocycles. The van der Waals surface area contributed by atoms with Crippen molar-refractivity contribution in [2.24, 2.45) is 16.5 Å². The highest BCUT2D eigenvalue weighted by Crippen LogP contribution is 2.04. The number of carboxylic acid groups (broad SMARTS) is 1. The summed E-state index contributed by atoms with van der Waals surface area (Å²) in [5.74, 6) is -2.98. The van der Waals surface area contributed by atoms with Gasteiger partial charge in [0.05, 0.1) is 12.6 Å². The van der Waals surface area contributed by atoms with E-state index in [-0.39, 0.29) is 43.2 Å². The molecule has 3 atom stereocenters. The van der Waals surface area contributed by atoms with Crippen LogP contribution in [-0.4, -0.2) is 78.3 Å². The number of thiol groups is 1. The lowest BCUT2D eigenvalue weighted by Gasteiger charge is -2.21. The first-order chi connectivity index (χ1) is 13.7. The molecule has 3 unspecified atom stereocenters. The smallest absolute Gasteiger partial charge is 0.327 e. The molecule has 13 heteroatoms. The number of guanidine groups is 1. The van der Waals surface area contributed by atoms with Gasteiger partial charge in [-0.3, -0.25) is 19.4 Å². The summed E-state index contributed by atoms with van der Waals surface area (Å²) in [5.41, 5.74) is 10.5. The summed E-state index contributed by atoms with van der Waals surface area (Å²) in [4.78, 5) is 51.5. The molecule has 0 aliphatic carbocycles. The van der Waals surface area contributed by atoms with Gasteiger partial charge in [-0.25, -0.2) is 4.79 Å². The van der Waals surface area contributed by atoms with Crippen LogP contribution >= 0.6 is 12.6 Å². The molecule has 1 fully saturated rings. The van der Waals surface area contributed by atoms with Crippen molar-refractivity contribution in [3.05, 3.63) is 0 Å². The maximum absolute atomic E-state index is 12.4. The van der Waals surface area contributed by atoms with Gasteiger partial charge in [-0.05, 0) is 32.2 Å². The van der Waals surface area contributed by atoms with Crippen LogP contribution in [-0.2, 0) is 19.2 Å². The van der Waals surface area contributed by atoms with Crippen molar-refractivity contribution in [3.8, 4) is 0 Å². The van der Waals surface area contributed by atoms with Crippen molar-refractivity contribution in [3.63, 3.8) is 0 Å². The molecule has 0 spiro atoms. The second-order valence-corrected chi connectivity index (χ2v) is 6.88. The Kier molecular flexibility index (Phi) is 10.8. The summed E-state index contributed by atoms with van der Waals surface area (Å²) in [5, 5.41) is 19.4. The first-order valence-electron chi connectivity index (χ1n) is 9.24. The first-order valence-corrected chi connectivity index (χ1v) is 9.87. The summed E-state index contributed by atoms with van der Waals surface area (Å²) in [7, 11) is 0. The van der Waals surface area contributed by atoms with Gasteiger partial charge in [0.1, 0.15) is 12.1 Å². The Morgan fingerprint density at radius 2 is 1.93 bits per heavy atom. The normalized spacial score (nSPS) is 17.6. The third-order valence-corrected chi connectivity index (χ3v) is 4.56. The molecule has 9 N–H and O–H groups in total. The summed E-state index contributed by atoms with van der Waals surface area (Å²) < 4.78 is 0. The van der Waals surface area contributed by atoms with Crippen molar-refractivity contribution in [2.75, 3.05) is 25.4 Å². The molecular weight excluding hydrogens is 402 g/mol. The molecule has 1 saturated heterocycles. The topological polar surface area (TPSA) is 201 Å². The van der Waals surface area contributed by atoms with Crippen LogP contribution in [0.4, 0.5) is 0 Å². The van der Waals surface area contributed by atoms with Gasteiger partial charge in [-0.15, -0.1) is 0 Å². The van der Waals surface area contributed by atoms with Gasteiger partial charge in [0.15, 0.2) is 5.96 Å². The summed E-state index contributed by atoms with van der Waals surface area (Å²) >= 11 is 3.89. The Bertz CT molecular complexity index is 621. The third-order valence-electron chi connectivity index (χ3n) is 4.19. The van der Waals surface area contributed by atoms with Gasteiger partial charge < -0.3 is 37.8 Å². The van der Waals surface area contributed by atoms with Crippen LogP contribution in [0.3, 0.4) is 0 Å². The summed E-state index contributed by atoms with van der Waals surface area (Å²) in [6.45, 7) is 0.683. The number of nitrogens with one attached hydrogen (secondary N) is 4. The Hall–Kier alpha value is -2.54. The number of hydrogen-bond acceptors (Lipinski definition) is 7. The monoisotopic (exact) mass is 431 g/mol. The fourth-order valence-electron chi connectivity index (χ4n) is 2.67. The molecule has 12 nitrogen and oxygen atoms in total. The number of aliphatic imine (C=N–C) groups is 1. The van der Waals surface area contributed by atoms with E-state index in [0.29, 0.717) is 12.8 Å². The van der Waals surface area contributed by atoms with Gasteiger partial charge in [-0.1, -0.05) is 0 Å². The number of amides is 3. The Morgan fingerprint density at radius 3 is 2.48 bits per heavy atom. The van der Waals surface area contributed by atoms with Gasteiger partial charge in [-0.2, -0.15) is 12.6 Å². The number of carbonyl (C=O) groups excluding carboxylic acids is 3. The van der Waals surface area contributed by atoms with Crippen LogP contribution < -0.4 is 32.7 Å². The summed E-state index contributed by atoms with van der Waals surface area (Å²) in [6.07, 6.45) is 2.13. The molecule has 1 heterocycles. The number of carbonyl (C=O) groups is 4. The van der Waals surface area contributed by atoms with Crippen molar-refractivity contribution >= 4 is 42.3 Å². The van der Waals surface area contributed by atoms with Crippen molar-refractivity contribution in [1.82, 2.24) is 21.3 Å². The van der Waals surface area contributed by atoms with Crippen LogP contribution in [0.15, 0.2) is 4.99 Å². The van der Waals surface area contributed by atoms with Crippen LogP contribution in [0.5, 0.6) is 0 Å². The quantitative estimate of drug-likeness (QED) is 0.0686. The average Bonchev–Trinajstić information content (AvgIpc) is 3.20. The molecule has 3 amide bonds. The van der Waals surface area contributed by atoms with E-state index in [1.54, 1.807) is 0 Å². The molecule has 1 aliphatic rings. The minimum absolute atomic E-state index is 0.0979. The molecule has 0 aromatic heterocycles. The SMILES string of the molecule is NC(N)=NCCCC(NC(=O)CNC(=O)C1CCCN1)C(=O)NC(CS)C(=O)O. The number of carboxylic acids is 1. The lowest BCUT2D eigenvalue weighted by Crippen LogP contribution is -2.54. The fourth-order valence-corrected chi connectivity index (χ4v) is 2.92. The minimum Gasteiger partial charge on any atom is -0.480 e. The molecular formula is C16H29N7O5S. The van der Waals surface area contributed by atoms with E-state index in [0.717, 1.165) is 13.0 Å². The lowest BCUT2D eigenvalue weighted by atomic mass is 10.1. The Balaban J connectivity index is 2.61. The molecule has 0 bridgehead atoms. The molecule has 0 saturated carbocycles. The highest BCUT2D eigenvalue weighted by molar-refractivity contribution is 7.80. The molecule has 0 radical (unpaired) electrons. The van der Waals surface area contributed by atoms with E-state index in [9.17, 15) is 19.2 Å². The first kappa shape index (κ1) is 24.5. The number of rotatable bonds is 12. The zero-order chi connectivity index (χ0) is 21.8. The number of aliphatic carboxylic acids is 1. The van der Waals surface area contributed by atoms with Gasteiger partial charge >= 0.3 is 5.97 Å². The van der Waals surface area contributed by atoms with Crippen molar-refractivity contribution < 1.29 is 24.3 Å². The standard InChI is InChI=1S/C16H29N7O5S/c17-16(18)20-6-2-4-10(14(26)23-11(8-29)15(27)28)22-12(24)7-21-13(25)9-3-1-5-19-9/h9-11,19,29H,1-8H2,(H,21,25)(H,22,24)(H,23,26)(H,27,28)(H4,17,18,20). The maximum Gasteiger partial charge on any atom is 0.327 e. The summed E-state index contributed by atoms with van der Waals surface area (Å²) in [6, 6.07) is -2.54. The van der Waals surface area contributed by atoms with Crippen LogP contribution in [0, 0.1) is 0 Å². The molecule has 1 rings (SSSR count). The van der Waals surface area contributed by atoms with Crippen molar-refractivity contribution in [2.45, 2.75) is 43.8 Å². The van der Waals surface area contributed by atoms with E-state index in [1.165, 1.54) is 0 Å². The number of nitrogens with zero attached hydrogens (tertiary/aromatic N) is 1. The zero-order valence-corrected chi connectivity index (χ0v) is 16.9. The number of hydrogen-bond donors (Lipinski definition) is 8. The largest absolute Gasteiger partial charge is 0.480 e. The molecule has 29 heavy (non-hydrogen) atoms. The number of nitrogens with two attached hydrogens (primary N) is 2. The van der Waals surface area contributed by atoms with Crippen LogP contribution in [0.25, 0.3) is 0 Å². The lowest BCUT2D eigenvalue weighted by molar-refractivity contribution is -0.141. The average molecular weight is 432 g/mol. The van der Waals surface area contributed by atoms with E-state index < -0.39 is 29.9 Å². The predicted octanol–water partition coefficient (Wildman–Crippen LogP) is -3.11. The second kappa shape index (κ2) is 12.8. The van der Waals surface area contributed by atoms with Crippen LogP contribution in [0.2, 0.25) is 0 Å². The minimum atomic E-state index is -1.24. The molecule has 164 valence electrons. The Morgan fingerprint density at radius 1 is 1.21 bits per heavy atom. The molecule has 0 aromatic rings. The molecule has 1 aliphatic heterocycles. The highest BCUT2D eigenvalue weighted by atomic mass is 32.1. The zero-order valence-electron chi connectivity index (χ0n) is 16.0. The van der Waals surface area contributed by atoms with E-state index >= 15 is 0 Å². The predicted molar refractivity (Wildman–Crippen MR) is 109 cm³/mol. The van der Waals surface area contributed by atoms with Gasteiger partial charge in [0.25, 0.3) is 0 Å². The van der Waals surface area contributed by atoms with E-state index in [2.05, 4.69) is 38.9 Å². The second-order valence-electron chi connectivity index (χ2n) is 6.52.